The Bertz CT molecular complexity index is 1680. The number of rotatable bonds is 5. The minimum Gasteiger partial charge on any atom is -0.381 e. The van der Waals surface area contributed by atoms with Gasteiger partial charge in [-0.25, -0.2) is 18.2 Å². The maximum atomic E-state index is 15.0. The molecule has 6 rings (SSSR count). The summed E-state index contributed by atoms with van der Waals surface area (Å²) in [5.74, 6) is -2.45. The summed E-state index contributed by atoms with van der Waals surface area (Å²) in [5, 5.41) is 0. The van der Waals surface area contributed by atoms with E-state index < -0.39 is 29.8 Å². The van der Waals surface area contributed by atoms with Gasteiger partial charge in [0, 0.05) is 50.1 Å². The molecule has 0 bridgehead atoms. The van der Waals surface area contributed by atoms with E-state index in [2.05, 4.69) is 4.57 Å². The third-order valence-electron chi connectivity index (χ3n) is 8.48. The standard InChI is InChI=1S/C31H31F3N4O3/c1-17-12-19(16-36(2)30(17)39)18-4-11-27-26(13-18)35-29(37(27)20-5-8-22(41-3)9-6-20)28-15-25(34)31(40)38(28)21-7-10-23(32)24(33)14-21/h4,7,10-14,16,20,22,25,28H,5-6,8-9,15H2,1-3H3/t20-,22-,25-,28+/m1/s1. The van der Waals surface area contributed by atoms with Gasteiger partial charge in [0.15, 0.2) is 17.8 Å². The van der Waals surface area contributed by atoms with E-state index in [4.69, 9.17) is 9.72 Å². The number of carbonyl (C=O) groups excluding carboxylic acids is 1. The van der Waals surface area contributed by atoms with E-state index in [9.17, 15) is 18.4 Å². The fraction of sp³-hybridized carbons (Fsp3) is 0.387. The Balaban J connectivity index is 1.50. The Kier molecular flexibility index (Phi) is 6.97. The predicted molar refractivity (Wildman–Crippen MR) is 150 cm³/mol. The molecular weight excluding hydrogens is 533 g/mol. The fourth-order valence-electron chi connectivity index (χ4n) is 6.36. The maximum absolute atomic E-state index is 15.0. The second-order valence-electron chi connectivity index (χ2n) is 11.1. The van der Waals surface area contributed by atoms with Crippen molar-refractivity contribution < 1.29 is 22.7 Å². The molecule has 1 amide bonds. The van der Waals surface area contributed by atoms with Crippen LogP contribution < -0.4 is 10.5 Å². The van der Waals surface area contributed by atoms with Crippen LogP contribution in [0.2, 0.25) is 0 Å². The molecule has 2 fully saturated rings. The molecule has 0 unspecified atom stereocenters. The average Bonchev–Trinajstić information content (AvgIpc) is 3.49. The van der Waals surface area contributed by atoms with Crippen LogP contribution in [-0.2, 0) is 16.6 Å². The van der Waals surface area contributed by atoms with Gasteiger partial charge in [0.2, 0.25) is 0 Å². The first kappa shape index (κ1) is 27.3. The SMILES string of the molecule is CO[C@H]1CC[C@H](n2c([C@@H]3C[C@@H](F)C(=O)N3c3ccc(F)c(F)c3)nc3cc(-c4cc(C)c(=O)n(C)c4)ccc32)CC1. The maximum Gasteiger partial charge on any atom is 0.262 e. The molecule has 2 aromatic heterocycles. The van der Waals surface area contributed by atoms with Crippen molar-refractivity contribution >= 4 is 22.6 Å². The fourth-order valence-corrected chi connectivity index (χ4v) is 6.36. The molecular formula is C31H31F3N4O3. The van der Waals surface area contributed by atoms with Crippen molar-refractivity contribution in [2.75, 3.05) is 12.0 Å². The van der Waals surface area contributed by atoms with Crippen LogP contribution in [0.3, 0.4) is 0 Å². The van der Waals surface area contributed by atoms with Crippen LogP contribution in [0, 0.1) is 18.6 Å². The van der Waals surface area contributed by atoms with Gasteiger partial charge in [0.05, 0.1) is 23.2 Å². The Morgan fingerprint density at radius 3 is 2.39 bits per heavy atom. The lowest BCUT2D eigenvalue weighted by atomic mass is 9.92. The molecule has 1 saturated heterocycles. The van der Waals surface area contributed by atoms with Crippen LogP contribution in [0.4, 0.5) is 18.9 Å². The molecule has 7 nitrogen and oxygen atoms in total. The van der Waals surface area contributed by atoms with Crippen molar-refractivity contribution in [3.05, 3.63) is 82.0 Å². The van der Waals surface area contributed by atoms with Gasteiger partial charge in [-0.05, 0) is 74.1 Å². The minimum atomic E-state index is -1.80. The lowest BCUT2D eigenvalue weighted by Gasteiger charge is -2.32. The van der Waals surface area contributed by atoms with Crippen LogP contribution in [0.5, 0.6) is 0 Å². The number of hydrogen-bond acceptors (Lipinski definition) is 4. The molecule has 214 valence electrons. The number of halogens is 3. The molecule has 0 radical (unpaired) electrons. The summed E-state index contributed by atoms with van der Waals surface area (Å²) < 4.78 is 52.2. The first-order chi connectivity index (χ1) is 19.7. The third kappa shape index (κ3) is 4.73. The highest BCUT2D eigenvalue weighted by atomic mass is 19.2. The average molecular weight is 565 g/mol. The van der Waals surface area contributed by atoms with Crippen molar-refractivity contribution in [3.63, 3.8) is 0 Å². The number of methoxy groups -OCH3 is 1. The van der Waals surface area contributed by atoms with E-state index in [0.717, 1.165) is 54.5 Å². The number of alkyl halides is 1. The second-order valence-corrected chi connectivity index (χ2v) is 11.1. The van der Waals surface area contributed by atoms with E-state index in [1.165, 1.54) is 11.0 Å². The normalized spacial score (nSPS) is 23.1. The van der Waals surface area contributed by atoms with Crippen molar-refractivity contribution in [3.8, 4) is 11.1 Å². The lowest BCUT2D eigenvalue weighted by Crippen LogP contribution is -2.32. The molecule has 1 saturated carbocycles. The highest BCUT2D eigenvalue weighted by Crippen LogP contribution is 2.43. The van der Waals surface area contributed by atoms with Crippen molar-refractivity contribution in [1.29, 1.82) is 0 Å². The largest absolute Gasteiger partial charge is 0.381 e. The van der Waals surface area contributed by atoms with Gasteiger partial charge in [-0.3, -0.25) is 14.5 Å². The van der Waals surface area contributed by atoms with Gasteiger partial charge < -0.3 is 13.9 Å². The molecule has 1 aliphatic carbocycles. The third-order valence-corrected chi connectivity index (χ3v) is 8.48. The van der Waals surface area contributed by atoms with E-state index in [-0.39, 0.29) is 29.8 Å². The molecule has 3 heterocycles. The summed E-state index contributed by atoms with van der Waals surface area (Å²) >= 11 is 0. The minimum absolute atomic E-state index is 0.0348. The second kappa shape index (κ2) is 10.5. The Morgan fingerprint density at radius 1 is 0.951 bits per heavy atom. The number of aryl methyl sites for hydroxylation is 2. The van der Waals surface area contributed by atoms with Crippen molar-refractivity contribution in [2.24, 2.45) is 7.05 Å². The zero-order chi connectivity index (χ0) is 29.0. The van der Waals surface area contributed by atoms with Gasteiger partial charge >= 0.3 is 0 Å². The monoisotopic (exact) mass is 564 g/mol. The number of fused-ring (bicyclic) bond motifs is 1. The molecule has 0 spiro atoms. The van der Waals surface area contributed by atoms with Gasteiger partial charge in [0.25, 0.3) is 11.5 Å². The van der Waals surface area contributed by atoms with Gasteiger partial charge in [-0.15, -0.1) is 0 Å². The summed E-state index contributed by atoms with van der Waals surface area (Å²) in [7, 11) is 3.41. The zero-order valence-electron chi connectivity index (χ0n) is 23.1. The molecule has 2 aliphatic rings. The van der Waals surface area contributed by atoms with Crippen LogP contribution in [-0.4, -0.2) is 39.4 Å². The number of aromatic nitrogens is 3. The smallest absolute Gasteiger partial charge is 0.262 e. The number of imidazole rings is 1. The number of anilines is 1. The quantitative estimate of drug-likeness (QED) is 0.301. The number of ether oxygens (including phenoxy) is 1. The van der Waals surface area contributed by atoms with Crippen LogP contribution in [0.25, 0.3) is 22.2 Å². The molecule has 41 heavy (non-hydrogen) atoms. The number of amides is 1. The molecule has 2 atom stereocenters. The number of pyridine rings is 1. The van der Waals surface area contributed by atoms with Gasteiger partial charge in [-0.1, -0.05) is 6.07 Å². The van der Waals surface area contributed by atoms with Gasteiger partial charge in [0.1, 0.15) is 5.82 Å². The summed E-state index contributed by atoms with van der Waals surface area (Å²) in [6.07, 6.45) is 3.29. The summed E-state index contributed by atoms with van der Waals surface area (Å²) in [4.78, 5) is 31.5. The molecule has 1 aliphatic heterocycles. The van der Waals surface area contributed by atoms with Crippen LogP contribution in [0.15, 0.2) is 53.5 Å². The van der Waals surface area contributed by atoms with Crippen molar-refractivity contribution in [1.82, 2.24) is 14.1 Å². The number of nitrogens with zero attached hydrogens (tertiary/aromatic N) is 4. The summed E-state index contributed by atoms with van der Waals surface area (Å²) in [6.45, 7) is 1.77. The topological polar surface area (TPSA) is 69.4 Å². The van der Waals surface area contributed by atoms with Crippen molar-refractivity contribution in [2.45, 2.75) is 63.4 Å². The summed E-state index contributed by atoms with van der Waals surface area (Å²) in [5.41, 5.74) is 3.85. The first-order valence-electron chi connectivity index (χ1n) is 13.8. The number of carbonyl (C=O) groups is 1. The molecule has 10 heteroatoms. The Labute approximate surface area is 235 Å². The predicted octanol–water partition coefficient (Wildman–Crippen LogP) is 5.93. The van der Waals surface area contributed by atoms with Crippen LogP contribution in [0.1, 0.15) is 55.6 Å². The van der Waals surface area contributed by atoms with E-state index in [1.54, 1.807) is 31.8 Å². The Morgan fingerprint density at radius 2 is 1.71 bits per heavy atom. The lowest BCUT2D eigenvalue weighted by molar-refractivity contribution is -0.121. The molecule has 2 aromatic carbocycles. The molecule has 4 aromatic rings. The molecule has 0 N–H and O–H groups in total. The number of benzene rings is 2. The summed E-state index contributed by atoms with van der Waals surface area (Å²) in [6, 6.07) is 10.1. The highest BCUT2D eigenvalue weighted by molar-refractivity contribution is 5.99. The Hall–Kier alpha value is -3.92. The van der Waals surface area contributed by atoms with E-state index >= 15 is 4.39 Å². The van der Waals surface area contributed by atoms with E-state index in [0.29, 0.717) is 16.9 Å². The van der Waals surface area contributed by atoms with Gasteiger partial charge in [-0.2, -0.15) is 0 Å². The van der Waals surface area contributed by atoms with Crippen LogP contribution >= 0.6 is 0 Å². The van der Waals surface area contributed by atoms with E-state index in [1.807, 2.05) is 24.3 Å². The zero-order valence-corrected chi connectivity index (χ0v) is 23.1. The first-order valence-corrected chi connectivity index (χ1v) is 13.8. The number of hydrogen-bond donors (Lipinski definition) is 0. The highest BCUT2D eigenvalue weighted by Gasteiger charge is 2.45.